The molecule has 7 heteroatoms. The van der Waals surface area contributed by atoms with Gasteiger partial charge in [-0.3, -0.25) is 0 Å². The van der Waals surface area contributed by atoms with Crippen molar-refractivity contribution in [1.29, 1.82) is 0 Å². The van der Waals surface area contributed by atoms with Crippen molar-refractivity contribution in [3.8, 4) is 17.0 Å². The van der Waals surface area contributed by atoms with Gasteiger partial charge in [0.1, 0.15) is 18.1 Å². The Morgan fingerprint density at radius 2 is 1.83 bits per heavy atom. The van der Waals surface area contributed by atoms with Crippen LogP contribution in [-0.4, -0.2) is 36.1 Å². The predicted molar refractivity (Wildman–Crippen MR) is 129 cm³/mol. The number of hydrogen-bond acceptors (Lipinski definition) is 3. The van der Waals surface area contributed by atoms with Gasteiger partial charge >= 0.3 is 0 Å². The van der Waals surface area contributed by atoms with Crippen LogP contribution >= 0.6 is 24.0 Å². The minimum Gasteiger partial charge on any atom is -0.496 e. The van der Waals surface area contributed by atoms with Gasteiger partial charge in [0.05, 0.1) is 19.0 Å². The van der Waals surface area contributed by atoms with Crippen LogP contribution in [0.4, 0.5) is 0 Å². The summed E-state index contributed by atoms with van der Waals surface area (Å²) >= 11 is 0. The van der Waals surface area contributed by atoms with Crippen LogP contribution in [0.5, 0.6) is 5.75 Å². The molecule has 6 nitrogen and oxygen atoms in total. The standard InChI is InChI=1S/C22H27N5O.HI/c1-3-23-22(24-14-13-18-11-7-8-12-20(18)28-2)26-16-21-25-15-19(27-21)17-9-5-4-6-10-17;/h4-12,15H,3,13-14,16H2,1-2H3,(H,25,27)(H2,23,24,26);1H. The van der Waals surface area contributed by atoms with E-state index in [2.05, 4.69) is 50.7 Å². The third kappa shape index (κ3) is 6.77. The van der Waals surface area contributed by atoms with E-state index in [1.807, 2.05) is 42.6 Å². The Morgan fingerprint density at radius 3 is 2.59 bits per heavy atom. The van der Waals surface area contributed by atoms with Crippen molar-refractivity contribution < 1.29 is 4.74 Å². The number of guanidine groups is 1. The Hall–Kier alpha value is -2.55. The van der Waals surface area contributed by atoms with Gasteiger partial charge in [0.25, 0.3) is 0 Å². The Bertz CT molecular complexity index is 895. The fourth-order valence-corrected chi connectivity index (χ4v) is 2.93. The number of H-pyrrole nitrogens is 1. The van der Waals surface area contributed by atoms with Gasteiger partial charge in [-0.15, -0.1) is 24.0 Å². The highest BCUT2D eigenvalue weighted by Crippen LogP contribution is 2.17. The zero-order valence-electron chi connectivity index (χ0n) is 16.8. The Kier molecular flexibility index (Phi) is 9.49. The topological polar surface area (TPSA) is 74.3 Å². The molecule has 0 spiro atoms. The molecule has 0 saturated heterocycles. The lowest BCUT2D eigenvalue weighted by molar-refractivity contribution is 0.409. The summed E-state index contributed by atoms with van der Waals surface area (Å²) < 4.78 is 5.41. The molecule has 1 aromatic heterocycles. The van der Waals surface area contributed by atoms with E-state index in [1.165, 1.54) is 5.56 Å². The highest BCUT2D eigenvalue weighted by atomic mass is 127. The van der Waals surface area contributed by atoms with E-state index in [4.69, 9.17) is 4.74 Å². The number of aromatic nitrogens is 2. The number of hydrogen-bond donors (Lipinski definition) is 3. The molecule has 0 amide bonds. The van der Waals surface area contributed by atoms with Crippen molar-refractivity contribution in [3.05, 3.63) is 72.2 Å². The summed E-state index contributed by atoms with van der Waals surface area (Å²) in [6, 6.07) is 18.2. The summed E-state index contributed by atoms with van der Waals surface area (Å²) in [6.07, 6.45) is 2.70. The molecule has 0 unspecified atom stereocenters. The second-order valence-electron chi connectivity index (χ2n) is 6.29. The van der Waals surface area contributed by atoms with E-state index in [0.717, 1.165) is 48.3 Å². The molecule has 0 aliphatic heterocycles. The summed E-state index contributed by atoms with van der Waals surface area (Å²) in [5, 5.41) is 6.64. The lowest BCUT2D eigenvalue weighted by Gasteiger charge is -2.12. The second-order valence-corrected chi connectivity index (χ2v) is 6.29. The number of methoxy groups -OCH3 is 1. The molecular formula is C22H28IN5O. The number of aliphatic imine (C=N–C) groups is 1. The van der Waals surface area contributed by atoms with Crippen LogP contribution < -0.4 is 15.4 Å². The third-order valence-electron chi connectivity index (χ3n) is 4.32. The van der Waals surface area contributed by atoms with Crippen molar-refractivity contribution in [2.24, 2.45) is 4.99 Å². The molecule has 0 fully saturated rings. The molecule has 2 aromatic carbocycles. The fourth-order valence-electron chi connectivity index (χ4n) is 2.93. The molecule has 0 aliphatic carbocycles. The number of nitrogens with zero attached hydrogens (tertiary/aromatic N) is 2. The molecule has 3 aromatic rings. The average Bonchev–Trinajstić information content (AvgIpc) is 3.22. The first kappa shape index (κ1) is 22.7. The highest BCUT2D eigenvalue weighted by molar-refractivity contribution is 14.0. The van der Waals surface area contributed by atoms with E-state index < -0.39 is 0 Å². The van der Waals surface area contributed by atoms with Crippen LogP contribution in [0.3, 0.4) is 0 Å². The normalized spacial score (nSPS) is 10.9. The van der Waals surface area contributed by atoms with E-state index in [-0.39, 0.29) is 24.0 Å². The highest BCUT2D eigenvalue weighted by Gasteiger charge is 2.05. The Morgan fingerprint density at radius 1 is 1.07 bits per heavy atom. The predicted octanol–water partition coefficient (Wildman–Crippen LogP) is 4.00. The van der Waals surface area contributed by atoms with Gasteiger partial charge in [0.2, 0.25) is 0 Å². The number of benzene rings is 2. The Labute approximate surface area is 189 Å². The first-order valence-electron chi connectivity index (χ1n) is 9.53. The van der Waals surface area contributed by atoms with E-state index in [1.54, 1.807) is 7.11 Å². The summed E-state index contributed by atoms with van der Waals surface area (Å²) in [6.45, 7) is 4.10. The van der Waals surface area contributed by atoms with E-state index in [0.29, 0.717) is 6.54 Å². The van der Waals surface area contributed by atoms with Gasteiger partial charge in [-0.05, 0) is 30.5 Å². The molecule has 0 saturated carbocycles. The summed E-state index contributed by atoms with van der Waals surface area (Å²) in [5.41, 5.74) is 3.29. The first-order chi connectivity index (χ1) is 13.8. The lowest BCUT2D eigenvalue weighted by Crippen LogP contribution is -2.38. The Balaban J connectivity index is 0.00000300. The van der Waals surface area contributed by atoms with Crippen LogP contribution in [0, 0.1) is 0 Å². The molecule has 0 aliphatic rings. The molecule has 0 radical (unpaired) electrons. The lowest BCUT2D eigenvalue weighted by atomic mass is 10.1. The van der Waals surface area contributed by atoms with Crippen LogP contribution in [0.1, 0.15) is 18.3 Å². The number of para-hydroxylation sites is 1. The number of ether oxygens (including phenoxy) is 1. The maximum absolute atomic E-state index is 5.41. The van der Waals surface area contributed by atoms with E-state index in [9.17, 15) is 0 Å². The van der Waals surface area contributed by atoms with Crippen LogP contribution in [0.25, 0.3) is 11.3 Å². The molecule has 3 rings (SSSR count). The second kappa shape index (κ2) is 12.1. The van der Waals surface area contributed by atoms with Gasteiger partial charge in [0, 0.05) is 13.1 Å². The zero-order valence-corrected chi connectivity index (χ0v) is 19.1. The minimum absolute atomic E-state index is 0. The summed E-state index contributed by atoms with van der Waals surface area (Å²) in [4.78, 5) is 12.4. The molecular weight excluding hydrogens is 477 g/mol. The molecule has 154 valence electrons. The maximum atomic E-state index is 5.41. The number of aromatic amines is 1. The third-order valence-corrected chi connectivity index (χ3v) is 4.32. The number of nitrogens with one attached hydrogen (secondary N) is 3. The molecule has 1 heterocycles. The van der Waals surface area contributed by atoms with Crippen LogP contribution in [0.15, 0.2) is 65.8 Å². The summed E-state index contributed by atoms with van der Waals surface area (Å²) in [7, 11) is 1.70. The number of halogens is 1. The van der Waals surface area contributed by atoms with Crippen LogP contribution in [0.2, 0.25) is 0 Å². The van der Waals surface area contributed by atoms with Gasteiger partial charge in [0.15, 0.2) is 5.96 Å². The maximum Gasteiger partial charge on any atom is 0.191 e. The zero-order chi connectivity index (χ0) is 19.6. The van der Waals surface area contributed by atoms with E-state index >= 15 is 0 Å². The van der Waals surface area contributed by atoms with Gasteiger partial charge in [-0.25, -0.2) is 9.98 Å². The fraction of sp³-hybridized carbons (Fsp3) is 0.273. The number of rotatable bonds is 8. The molecule has 29 heavy (non-hydrogen) atoms. The largest absolute Gasteiger partial charge is 0.496 e. The average molecular weight is 505 g/mol. The van der Waals surface area contributed by atoms with Gasteiger partial charge in [-0.2, -0.15) is 0 Å². The van der Waals surface area contributed by atoms with Crippen molar-refractivity contribution in [1.82, 2.24) is 20.6 Å². The quantitative estimate of drug-likeness (QED) is 0.246. The minimum atomic E-state index is 0. The number of imidazole rings is 1. The van der Waals surface area contributed by atoms with Gasteiger partial charge in [-0.1, -0.05) is 48.5 Å². The SMILES string of the molecule is CCNC(=NCc1ncc(-c2ccccc2)[nH]1)NCCc1ccccc1OC.I. The van der Waals surface area contributed by atoms with Crippen molar-refractivity contribution >= 4 is 29.9 Å². The molecule has 3 N–H and O–H groups in total. The summed E-state index contributed by atoms with van der Waals surface area (Å²) in [5.74, 6) is 2.52. The molecule has 0 atom stereocenters. The molecule has 0 bridgehead atoms. The van der Waals surface area contributed by atoms with Gasteiger partial charge < -0.3 is 20.4 Å². The van der Waals surface area contributed by atoms with Crippen LogP contribution in [-0.2, 0) is 13.0 Å². The van der Waals surface area contributed by atoms with Crippen molar-refractivity contribution in [2.75, 3.05) is 20.2 Å². The van der Waals surface area contributed by atoms with Crippen molar-refractivity contribution in [2.45, 2.75) is 19.9 Å². The smallest absolute Gasteiger partial charge is 0.191 e. The first-order valence-corrected chi connectivity index (χ1v) is 9.53. The monoisotopic (exact) mass is 505 g/mol. The van der Waals surface area contributed by atoms with Crippen molar-refractivity contribution in [3.63, 3.8) is 0 Å².